The molecule has 0 saturated carbocycles. The maximum atomic E-state index is 12.7. The summed E-state index contributed by atoms with van der Waals surface area (Å²) in [6.45, 7) is 1.24. The fraction of sp³-hybridized carbons (Fsp3) is 0.647. The fourth-order valence-corrected chi connectivity index (χ4v) is 5.34. The van der Waals surface area contributed by atoms with E-state index in [4.69, 9.17) is 44.3 Å². The van der Waals surface area contributed by atoms with Crippen LogP contribution in [0.4, 0.5) is 9.59 Å². The first-order valence-corrected chi connectivity index (χ1v) is 12.2. The number of halogens is 3. The van der Waals surface area contributed by atoms with Crippen LogP contribution < -0.4 is 5.32 Å². The minimum absolute atomic E-state index is 0.0325. The van der Waals surface area contributed by atoms with Crippen LogP contribution in [-0.4, -0.2) is 115 Å². The molecule has 3 atom stereocenters. The Bertz CT molecular complexity index is 903. The van der Waals surface area contributed by atoms with E-state index in [0.717, 1.165) is 4.90 Å². The molecule has 2 N–H and O–H groups in total. The third-order valence-corrected chi connectivity index (χ3v) is 7.16. The number of alkyl carbamates (subject to hydrolysis) is 1. The Hall–Kier alpha value is -1.80. The van der Waals surface area contributed by atoms with Crippen molar-refractivity contribution in [1.29, 1.82) is 0 Å². The van der Waals surface area contributed by atoms with Crippen LogP contribution in [0.15, 0.2) is 11.3 Å². The Labute approximate surface area is 206 Å². The number of carboxylic acid groups (broad SMARTS) is 1. The number of nitrogens with zero attached hydrogens (tertiary/aromatic N) is 3. The minimum atomic E-state index is -1.86. The molecule has 3 amide bonds. The van der Waals surface area contributed by atoms with Crippen LogP contribution in [0, 0.1) is 0 Å². The molecule has 0 aromatic carbocycles. The van der Waals surface area contributed by atoms with E-state index >= 15 is 0 Å². The van der Waals surface area contributed by atoms with Gasteiger partial charge in [0.2, 0.25) is 3.79 Å². The van der Waals surface area contributed by atoms with E-state index < -0.39 is 69.0 Å². The molecule has 3 heterocycles. The largest absolute Gasteiger partial charge is 0.477 e. The van der Waals surface area contributed by atoms with Crippen LogP contribution in [0.3, 0.4) is 0 Å². The SMILES string of the molecule is CN1CCN(C(=O)OCC2=C(C(=O)O)N3C(=O)C(NC(=O)OCC(Cl)(Cl)Cl)[C@@H]3S(=O)C2)CC1. The fourth-order valence-electron chi connectivity index (χ4n) is 3.51. The summed E-state index contributed by atoms with van der Waals surface area (Å²) < 4.78 is 20.8. The number of aliphatic carboxylic acids is 1. The van der Waals surface area contributed by atoms with Crippen molar-refractivity contribution in [3.8, 4) is 0 Å². The molecule has 0 aromatic rings. The standard InChI is InChI=1S/C17H21Cl3N4O8S/c1-22-2-4-23(5-3-22)16(29)31-6-9-7-33(30)13-10(12(25)24(13)11(9)14(26)27)21-15(28)32-8-17(18,19)20/h10,13H,2-8H2,1H3,(H,21,28)(H,26,27)/t10?,13-,33?/m0/s1. The molecule has 0 aromatic heterocycles. The summed E-state index contributed by atoms with van der Waals surface area (Å²) in [6, 6.07) is -1.28. The molecule has 16 heteroatoms. The van der Waals surface area contributed by atoms with Crippen molar-refractivity contribution in [2.45, 2.75) is 15.2 Å². The smallest absolute Gasteiger partial charge is 0.410 e. The molecule has 2 unspecified atom stereocenters. The number of piperazine rings is 1. The molecule has 0 bridgehead atoms. The number of nitrogens with one attached hydrogen (secondary N) is 1. The first kappa shape index (κ1) is 25.8. The highest BCUT2D eigenvalue weighted by atomic mass is 35.6. The highest BCUT2D eigenvalue weighted by Gasteiger charge is 2.57. The summed E-state index contributed by atoms with van der Waals surface area (Å²) in [7, 11) is 0.140. The van der Waals surface area contributed by atoms with Gasteiger partial charge in [-0.1, -0.05) is 34.8 Å². The molecule has 0 aliphatic carbocycles. The highest BCUT2D eigenvalue weighted by molar-refractivity contribution is 7.86. The lowest BCUT2D eigenvalue weighted by molar-refractivity contribution is -0.149. The number of carbonyl (C=O) groups excluding carboxylic acids is 3. The predicted molar refractivity (Wildman–Crippen MR) is 117 cm³/mol. The zero-order valence-electron chi connectivity index (χ0n) is 17.3. The van der Waals surface area contributed by atoms with Crippen molar-refractivity contribution in [2.24, 2.45) is 0 Å². The molecule has 184 valence electrons. The van der Waals surface area contributed by atoms with Gasteiger partial charge in [0.15, 0.2) is 0 Å². The van der Waals surface area contributed by atoms with E-state index in [-0.39, 0.29) is 11.3 Å². The molecule has 2 saturated heterocycles. The lowest BCUT2D eigenvalue weighted by Crippen LogP contribution is -2.73. The number of amides is 3. The molecule has 0 spiro atoms. The number of hydrogen-bond donors (Lipinski definition) is 2. The van der Waals surface area contributed by atoms with E-state index in [9.17, 15) is 28.5 Å². The molecule has 12 nitrogen and oxygen atoms in total. The number of β-lactam (4-membered cyclic amide) rings is 1. The number of carboxylic acids is 1. The number of carbonyl (C=O) groups is 4. The van der Waals surface area contributed by atoms with Crippen molar-refractivity contribution in [1.82, 2.24) is 20.0 Å². The first-order chi connectivity index (χ1) is 15.4. The summed E-state index contributed by atoms with van der Waals surface area (Å²) in [5.41, 5.74) is -0.395. The van der Waals surface area contributed by atoms with Crippen molar-refractivity contribution >= 4 is 69.7 Å². The van der Waals surface area contributed by atoms with Crippen LogP contribution in [0.1, 0.15) is 0 Å². The third kappa shape index (κ3) is 6.01. The molecule has 3 rings (SSSR count). The van der Waals surface area contributed by atoms with Gasteiger partial charge in [-0.3, -0.25) is 13.9 Å². The van der Waals surface area contributed by atoms with Gasteiger partial charge in [-0.15, -0.1) is 0 Å². The van der Waals surface area contributed by atoms with Gasteiger partial charge in [0.05, 0.1) is 16.6 Å². The molecule has 3 aliphatic heterocycles. The predicted octanol–water partition coefficient (Wildman–Crippen LogP) is 0.105. The summed E-state index contributed by atoms with van der Waals surface area (Å²) in [5, 5.41) is 10.7. The Kier molecular flexibility index (Phi) is 7.99. The van der Waals surface area contributed by atoms with Gasteiger partial charge in [-0.2, -0.15) is 0 Å². The summed E-state index contributed by atoms with van der Waals surface area (Å²) >= 11 is 16.5. The molecule has 0 radical (unpaired) electrons. The van der Waals surface area contributed by atoms with Gasteiger partial charge in [0.25, 0.3) is 5.91 Å². The van der Waals surface area contributed by atoms with Gasteiger partial charge >= 0.3 is 18.2 Å². The molecule has 3 aliphatic rings. The van der Waals surface area contributed by atoms with Gasteiger partial charge in [0.1, 0.15) is 30.3 Å². The van der Waals surface area contributed by atoms with E-state index in [1.54, 1.807) is 0 Å². The topological polar surface area (TPSA) is 146 Å². The van der Waals surface area contributed by atoms with Crippen molar-refractivity contribution in [2.75, 3.05) is 52.2 Å². The molecule has 33 heavy (non-hydrogen) atoms. The number of fused-ring (bicyclic) bond motifs is 1. The molecular weight excluding hydrogens is 527 g/mol. The number of rotatable bonds is 5. The molecule has 2 fully saturated rings. The van der Waals surface area contributed by atoms with E-state index in [1.165, 1.54) is 4.90 Å². The Morgan fingerprint density at radius 1 is 1.18 bits per heavy atom. The lowest BCUT2D eigenvalue weighted by Gasteiger charge is -2.48. The van der Waals surface area contributed by atoms with Gasteiger partial charge in [0, 0.05) is 31.8 Å². The third-order valence-electron chi connectivity index (χ3n) is 5.18. The summed E-state index contributed by atoms with van der Waals surface area (Å²) in [5.74, 6) is -2.51. The second-order valence-electron chi connectivity index (χ2n) is 7.54. The zero-order valence-corrected chi connectivity index (χ0v) is 20.4. The molecular formula is C17H21Cl3N4O8S. The average Bonchev–Trinajstić information content (AvgIpc) is 2.73. The maximum absolute atomic E-state index is 12.7. The first-order valence-electron chi connectivity index (χ1n) is 9.65. The van der Waals surface area contributed by atoms with Gasteiger partial charge in [-0.05, 0) is 7.05 Å². The maximum Gasteiger partial charge on any atom is 0.410 e. The van der Waals surface area contributed by atoms with Crippen LogP contribution in [0.5, 0.6) is 0 Å². The van der Waals surface area contributed by atoms with Gasteiger partial charge < -0.3 is 29.7 Å². The minimum Gasteiger partial charge on any atom is -0.477 e. The summed E-state index contributed by atoms with van der Waals surface area (Å²) in [4.78, 5) is 53.0. The van der Waals surface area contributed by atoms with E-state index in [0.29, 0.717) is 26.2 Å². The van der Waals surface area contributed by atoms with Crippen molar-refractivity contribution in [3.63, 3.8) is 0 Å². The highest BCUT2D eigenvalue weighted by Crippen LogP contribution is 2.35. The number of likely N-dealkylation sites (N-methyl/N-ethyl adjacent to an activating group) is 1. The number of ether oxygens (including phenoxy) is 2. The van der Waals surface area contributed by atoms with Crippen LogP contribution >= 0.6 is 34.8 Å². The second kappa shape index (κ2) is 10.2. The lowest BCUT2D eigenvalue weighted by atomic mass is 10.0. The Morgan fingerprint density at radius 2 is 1.82 bits per heavy atom. The number of alkyl halides is 3. The number of hydrogen-bond acceptors (Lipinski definition) is 8. The van der Waals surface area contributed by atoms with Crippen molar-refractivity contribution < 1.29 is 38.0 Å². The van der Waals surface area contributed by atoms with Crippen LogP contribution in [-0.2, 0) is 29.9 Å². The monoisotopic (exact) mass is 546 g/mol. The van der Waals surface area contributed by atoms with Crippen molar-refractivity contribution in [3.05, 3.63) is 11.3 Å². The van der Waals surface area contributed by atoms with E-state index in [2.05, 4.69) is 5.32 Å². The van der Waals surface area contributed by atoms with Crippen LogP contribution in [0.2, 0.25) is 0 Å². The van der Waals surface area contributed by atoms with Crippen LogP contribution in [0.25, 0.3) is 0 Å². The van der Waals surface area contributed by atoms with Gasteiger partial charge in [-0.25, -0.2) is 14.4 Å². The zero-order chi connectivity index (χ0) is 24.5. The van der Waals surface area contributed by atoms with E-state index in [1.807, 2.05) is 11.9 Å². The summed E-state index contributed by atoms with van der Waals surface area (Å²) in [6.07, 6.45) is -1.72. The normalized spacial score (nSPS) is 25.8. The quantitative estimate of drug-likeness (QED) is 0.361. The second-order valence-corrected chi connectivity index (χ2v) is 11.6. The average molecular weight is 548 g/mol. The Morgan fingerprint density at radius 3 is 2.39 bits per heavy atom. The Balaban J connectivity index is 1.66.